The molecule has 1 heterocycles. The van der Waals surface area contributed by atoms with Crippen LogP contribution in [0.5, 0.6) is 0 Å². The van der Waals surface area contributed by atoms with E-state index in [1.165, 1.54) is 19.3 Å². The normalized spacial score (nSPS) is 19.6. The van der Waals surface area contributed by atoms with Crippen molar-refractivity contribution in [1.82, 2.24) is 10.6 Å². The third-order valence-corrected chi connectivity index (χ3v) is 3.75. The molecule has 0 aromatic heterocycles. The van der Waals surface area contributed by atoms with Gasteiger partial charge in [0.25, 0.3) is 0 Å². The summed E-state index contributed by atoms with van der Waals surface area (Å²) < 4.78 is 0. The number of piperidine rings is 1. The van der Waals surface area contributed by atoms with E-state index < -0.39 is 0 Å². The first kappa shape index (κ1) is 14.4. The van der Waals surface area contributed by atoms with E-state index in [0.29, 0.717) is 12.5 Å². The maximum absolute atomic E-state index is 11.5. The van der Waals surface area contributed by atoms with Crippen molar-refractivity contribution in [3.05, 3.63) is 0 Å². The number of hydrogen-bond acceptors (Lipinski definition) is 3. The fourth-order valence-electron chi connectivity index (χ4n) is 1.96. The van der Waals surface area contributed by atoms with Gasteiger partial charge in [-0.15, -0.1) is 18.2 Å². The monoisotopic (exact) mass is 254 g/mol. The fraction of sp³-hybridized carbons (Fsp3) is 0.769. The average Bonchev–Trinajstić information content (AvgIpc) is 2.37. The first-order valence-corrected chi connectivity index (χ1v) is 7.49. The summed E-state index contributed by atoms with van der Waals surface area (Å²) in [6, 6.07) is 0.547. The highest BCUT2D eigenvalue weighted by Crippen LogP contribution is 2.11. The van der Waals surface area contributed by atoms with Crippen LogP contribution in [0.15, 0.2) is 0 Å². The average molecular weight is 254 g/mol. The number of amides is 1. The van der Waals surface area contributed by atoms with Crippen molar-refractivity contribution in [2.45, 2.75) is 38.1 Å². The second-order valence-electron chi connectivity index (χ2n) is 4.29. The number of rotatable bonds is 7. The van der Waals surface area contributed by atoms with E-state index >= 15 is 0 Å². The second kappa shape index (κ2) is 9.38. The Morgan fingerprint density at radius 1 is 1.53 bits per heavy atom. The lowest BCUT2D eigenvalue weighted by Gasteiger charge is -2.23. The summed E-state index contributed by atoms with van der Waals surface area (Å²) in [6.45, 7) is 1.83. The predicted octanol–water partition coefficient (Wildman–Crippen LogP) is 1.39. The number of hydrogen-bond donors (Lipinski definition) is 2. The SMILES string of the molecule is C#CCSCCNC(=O)CCC1CCCCN1. The van der Waals surface area contributed by atoms with Gasteiger partial charge < -0.3 is 10.6 Å². The standard InChI is InChI=1S/C13H22N2OS/c1-2-10-17-11-9-15-13(16)7-6-12-5-3-4-8-14-12/h1,12,14H,3-11H2,(H,15,16). The molecule has 0 radical (unpaired) electrons. The Hall–Kier alpha value is -0.660. The van der Waals surface area contributed by atoms with Gasteiger partial charge in [0, 0.05) is 24.8 Å². The van der Waals surface area contributed by atoms with Crippen LogP contribution in [0.25, 0.3) is 0 Å². The summed E-state index contributed by atoms with van der Waals surface area (Å²) in [6.07, 6.45) is 10.5. The summed E-state index contributed by atoms with van der Waals surface area (Å²) in [5, 5.41) is 6.38. The maximum Gasteiger partial charge on any atom is 0.220 e. The van der Waals surface area contributed by atoms with Crippen LogP contribution < -0.4 is 10.6 Å². The van der Waals surface area contributed by atoms with E-state index in [2.05, 4.69) is 16.6 Å². The molecular weight excluding hydrogens is 232 g/mol. The number of terminal acetylenes is 1. The third kappa shape index (κ3) is 7.30. The van der Waals surface area contributed by atoms with Crippen molar-refractivity contribution < 1.29 is 4.79 Å². The quantitative estimate of drug-likeness (QED) is 0.533. The Morgan fingerprint density at radius 2 is 2.41 bits per heavy atom. The molecule has 2 N–H and O–H groups in total. The molecule has 1 saturated heterocycles. The number of carbonyl (C=O) groups excluding carboxylic acids is 1. The Balaban J connectivity index is 1.95. The van der Waals surface area contributed by atoms with E-state index in [-0.39, 0.29) is 5.91 Å². The van der Waals surface area contributed by atoms with Crippen LogP contribution >= 0.6 is 11.8 Å². The van der Waals surface area contributed by atoms with Gasteiger partial charge in [0.15, 0.2) is 0 Å². The van der Waals surface area contributed by atoms with E-state index in [1.54, 1.807) is 11.8 Å². The molecule has 4 heteroatoms. The first-order valence-electron chi connectivity index (χ1n) is 6.34. The maximum atomic E-state index is 11.5. The van der Waals surface area contributed by atoms with Crippen molar-refractivity contribution in [1.29, 1.82) is 0 Å². The van der Waals surface area contributed by atoms with Gasteiger partial charge >= 0.3 is 0 Å². The summed E-state index contributed by atoms with van der Waals surface area (Å²) in [7, 11) is 0. The minimum absolute atomic E-state index is 0.165. The number of carbonyl (C=O) groups is 1. The van der Waals surface area contributed by atoms with Crippen molar-refractivity contribution in [2.24, 2.45) is 0 Å². The van der Waals surface area contributed by atoms with E-state index in [0.717, 1.165) is 31.0 Å². The molecule has 3 nitrogen and oxygen atoms in total. The Bertz CT molecular complexity index is 257. The van der Waals surface area contributed by atoms with Crippen LogP contribution in [0.4, 0.5) is 0 Å². The summed E-state index contributed by atoms with van der Waals surface area (Å²) in [5.74, 6) is 4.36. The van der Waals surface area contributed by atoms with Crippen molar-refractivity contribution in [3.8, 4) is 12.3 Å². The lowest BCUT2D eigenvalue weighted by atomic mass is 10.0. The molecule has 0 aromatic rings. The lowest BCUT2D eigenvalue weighted by molar-refractivity contribution is -0.121. The molecular formula is C13H22N2OS. The van der Waals surface area contributed by atoms with Gasteiger partial charge in [0.05, 0.1) is 5.75 Å². The molecule has 1 aliphatic heterocycles. The molecule has 1 rings (SSSR count). The van der Waals surface area contributed by atoms with Gasteiger partial charge in [-0.05, 0) is 25.8 Å². The largest absolute Gasteiger partial charge is 0.355 e. The minimum atomic E-state index is 0.165. The minimum Gasteiger partial charge on any atom is -0.355 e. The summed E-state index contributed by atoms with van der Waals surface area (Å²) in [4.78, 5) is 11.5. The van der Waals surface area contributed by atoms with Gasteiger partial charge in [-0.2, -0.15) is 0 Å². The van der Waals surface area contributed by atoms with Crippen LogP contribution in [-0.4, -0.2) is 36.5 Å². The van der Waals surface area contributed by atoms with Crippen molar-refractivity contribution in [2.75, 3.05) is 24.6 Å². The van der Waals surface area contributed by atoms with Gasteiger partial charge in [-0.25, -0.2) is 0 Å². The smallest absolute Gasteiger partial charge is 0.220 e. The summed E-state index contributed by atoms with van der Waals surface area (Å²) in [5.41, 5.74) is 0. The van der Waals surface area contributed by atoms with Crippen LogP contribution in [-0.2, 0) is 4.79 Å². The van der Waals surface area contributed by atoms with Crippen LogP contribution in [0.3, 0.4) is 0 Å². The molecule has 96 valence electrons. The molecule has 0 aromatic carbocycles. The zero-order valence-corrected chi connectivity index (χ0v) is 11.2. The molecule has 1 amide bonds. The lowest BCUT2D eigenvalue weighted by Crippen LogP contribution is -2.35. The van der Waals surface area contributed by atoms with Gasteiger partial charge in [0.2, 0.25) is 5.91 Å². The Labute approximate surface area is 108 Å². The van der Waals surface area contributed by atoms with Crippen LogP contribution in [0.1, 0.15) is 32.1 Å². The molecule has 17 heavy (non-hydrogen) atoms. The highest BCUT2D eigenvalue weighted by Gasteiger charge is 2.13. The van der Waals surface area contributed by atoms with Crippen LogP contribution in [0.2, 0.25) is 0 Å². The van der Waals surface area contributed by atoms with Crippen molar-refractivity contribution >= 4 is 17.7 Å². The zero-order valence-electron chi connectivity index (χ0n) is 10.3. The topological polar surface area (TPSA) is 41.1 Å². The highest BCUT2D eigenvalue weighted by molar-refractivity contribution is 7.99. The summed E-state index contributed by atoms with van der Waals surface area (Å²) >= 11 is 1.68. The third-order valence-electron chi connectivity index (χ3n) is 2.89. The van der Waals surface area contributed by atoms with Gasteiger partial charge in [-0.3, -0.25) is 4.79 Å². The molecule has 0 aliphatic carbocycles. The van der Waals surface area contributed by atoms with Crippen molar-refractivity contribution in [3.63, 3.8) is 0 Å². The van der Waals surface area contributed by atoms with Crippen LogP contribution in [0, 0.1) is 12.3 Å². The molecule has 0 bridgehead atoms. The molecule has 1 atom stereocenters. The van der Waals surface area contributed by atoms with E-state index in [1.807, 2.05) is 0 Å². The first-order chi connectivity index (χ1) is 8.33. The molecule has 0 saturated carbocycles. The van der Waals surface area contributed by atoms with E-state index in [9.17, 15) is 4.79 Å². The molecule has 1 unspecified atom stereocenters. The van der Waals surface area contributed by atoms with Gasteiger partial charge in [-0.1, -0.05) is 12.3 Å². The Kier molecular flexibility index (Phi) is 7.94. The van der Waals surface area contributed by atoms with E-state index in [4.69, 9.17) is 6.42 Å². The fourth-order valence-corrected chi connectivity index (χ4v) is 2.47. The number of thioether (sulfide) groups is 1. The van der Waals surface area contributed by atoms with Gasteiger partial charge in [0.1, 0.15) is 0 Å². The molecule has 1 aliphatic rings. The number of nitrogens with one attached hydrogen (secondary N) is 2. The zero-order chi connectivity index (χ0) is 12.3. The molecule has 0 spiro atoms. The highest BCUT2D eigenvalue weighted by atomic mass is 32.2. The second-order valence-corrected chi connectivity index (χ2v) is 5.40. The predicted molar refractivity (Wildman–Crippen MR) is 74.0 cm³/mol. The Morgan fingerprint density at radius 3 is 3.12 bits per heavy atom. The molecule has 1 fully saturated rings.